The first-order valence-electron chi connectivity index (χ1n) is 7.42. The van der Waals surface area contributed by atoms with E-state index in [1.165, 1.54) is 19.2 Å². The second-order valence-electron chi connectivity index (χ2n) is 5.49. The predicted octanol–water partition coefficient (Wildman–Crippen LogP) is 1.55. The standard InChI is InChI=1S/C15H20ClN3O3/c1-10(20)17-6-5-12-4-2-3-7-19(12)15(22)11-8-13(16)14(21)18-9-11/h8-9,12H,2-7H2,1H3,(H,17,20)(H,18,21). The fraction of sp³-hybridized carbons (Fsp3) is 0.533. The van der Waals surface area contributed by atoms with E-state index in [1.807, 2.05) is 4.90 Å². The second kappa shape index (κ2) is 7.45. The predicted molar refractivity (Wildman–Crippen MR) is 84.0 cm³/mol. The number of carbonyl (C=O) groups excluding carboxylic acids is 2. The van der Waals surface area contributed by atoms with Crippen molar-refractivity contribution in [2.75, 3.05) is 13.1 Å². The van der Waals surface area contributed by atoms with Crippen LogP contribution in [0.3, 0.4) is 0 Å². The number of nitrogens with one attached hydrogen (secondary N) is 2. The Kier molecular flexibility index (Phi) is 5.60. The van der Waals surface area contributed by atoms with Gasteiger partial charge in [-0.15, -0.1) is 0 Å². The average molecular weight is 326 g/mol. The van der Waals surface area contributed by atoms with Crippen LogP contribution >= 0.6 is 11.6 Å². The third-order valence-electron chi connectivity index (χ3n) is 3.84. The second-order valence-corrected chi connectivity index (χ2v) is 5.89. The maximum Gasteiger partial charge on any atom is 0.266 e. The molecular formula is C15H20ClN3O3. The quantitative estimate of drug-likeness (QED) is 0.881. The Morgan fingerprint density at radius 1 is 1.45 bits per heavy atom. The molecule has 22 heavy (non-hydrogen) atoms. The van der Waals surface area contributed by atoms with Gasteiger partial charge in [-0.1, -0.05) is 11.6 Å². The summed E-state index contributed by atoms with van der Waals surface area (Å²) in [5.41, 5.74) is -0.0184. The van der Waals surface area contributed by atoms with Gasteiger partial charge in [0.25, 0.3) is 11.5 Å². The Hall–Kier alpha value is -1.82. The highest BCUT2D eigenvalue weighted by Crippen LogP contribution is 2.22. The van der Waals surface area contributed by atoms with Gasteiger partial charge in [-0.2, -0.15) is 0 Å². The summed E-state index contributed by atoms with van der Waals surface area (Å²) in [7, 11) is 0. The molecule has 1 aromatic rings. The van der Waals surface area contributed by atoms with Gasteiger partial charge in [-0.25, -0.2) is 0 Å². The van der Waals surface area contributed by atoms with Crippen LogP contribution in [-0.4, -0.2) is 40.8 Å². The summed E-state index contributed by atoms with van der Waals surface area (Å²) in [6.07, 6.45) is 5.07. The number of carbonyl (C=O) groups is 2. The average Bonchev–Trinajstić information content (AvgIpc) is 2.49. The number of hydrogen-bond donors (Lipinski definition) is 2. The summed E-state index contributed by atoms with van der Waals surface area (Å²) in [5.74, 6) is -0.202. The van der Waals surface area contributed by atoms with E-state index in [2.05, 4.69) is 10.3 Å². The highest BCUT2D eigenvalue weighted by molar-refractivity contribution is 6.30. The lowest BCUT2D eigenvalue weighted by molar-refractivity contribution is -0.119. The van der Waals surface area contributed by atoms with Crippen LogP contribution in [-0.2, 0) is 4.79 Å². The van der Waals surface area contributed by atoms with Gasteiger partial charge in [0.2, 0.25) is 5.91 Å². The number of pyridine rings is 1. The monoisotopic (exact) mass is 325 g/mol. The molecule has 0 aliphatic carbocycles. The molecule has 0 bridgehead atoms. The molecule has 6 nitrogen and oxygen atoms in total. The number of rotatable bonds is 4. The molecule has 2 N–H and O–H groups in total. The zero-order valence-electron chi connectivity index (χ0n) is 12.5. The van der Waals surface area contributed by atoms with Crippen molar-refractivity contribution < 1.29 is 9.59 Å². The summed E-state index contributed by atoms with van der Waals surface area (Å²) < 4.78 is 0. The van der Waals surface area contributed by atoms with E-state index < -0.39 is 5.56 Å². The Labute approximate surface area is 133 Å². The first-order valence-corrected chi connectivity index (χ1v) is 7.80. The van der Waals surface area contributed by atoms with Crippen molar-refractivity contribution in [3.63, 3.8) is 0 Å². The third kappa shape index (κ3) is 4.10. The van der Waals surface area contributed by atoms with E-state index in [0.717, 1.165) is 25.7 Å². The SMILES string of the molecule is CC(=O)NCCC1CCCCN1C(=O)c1c[nH]c(=O)c(Cl)c1. The lowest BCUT2D eigenvalue weighted by atomic mass is 9.98. The van der Waals surface area contributed by atoms with Crippen LogP contribution in [0.15, 0.2) is 17.1 Å². The maximum absolute atomic E-state index is 12.6. The molecule has 1 unspecified atom stereocenters. The number of piperidine rings is 1. The van der Waals surface area contributed by atoms with Gasteiger partial charge in [0.05, 0.1) is 5.56 Å². The first-order chi connectivity index (χ1) is 10.5. The molecule has 2 amide bonds. The number of likely N-dealkylation sites (tertiary alicyclic amines) is 1. The summed E-state index contributed by atoms with van der Waals surface area (Å²) in [6, 6.07) is 1.50. The van der Waals surface area contributed by atoms with Crippen LogP contribution in [0.25, 0.3) is 0 Å². The first kappa shape index (κ1) is 16.5. The van der Waals surface area contributed by atoms with E-state index in [-0.39, 0.29) is 22.9 Å². The van der Waals surface area contributed by atoms with Crippen molar-refractivity contribution in [1.82, 2.24) is 15.2 Å². The zero-order valence-corrected chi connectivity index (χ0v) is 13.3. The largest absolute Gasteiger partial charge is 0.356 e. The molecule has 1 atom stereocenters. The van der Waals surface area contributed by atoms with Crippen molar-refractivity contribution >= 4 is 23.4 Å². The summed E-state index contributed by atoms with van der Waals surface area (Å²) in [4.78, 5) is 39.2. The summed E-state index contributed by atoms with van der Waals surface area (Å²) in [5, 5.41) is 2.77. The van der Waals surface area contributed by atoms with Gasteiger partial charge in [-0.3, -0.25) is 14.4 Å². The number of nitrogens with zero attached hydrogens (tertiary/aromatic N) is 1. The Morgan fingerprint density at radius 2 is 2.23 bits per heavy atom. The smallest absolute Gasteiger partial charge is 0.266 e. The van der Waals surface area contributed by atoms with Crippen LogP contribution in [0, 0.1) is 0 Å². The number of aromatic amines is 1. The third-order valence-corrected chi connectivity index (χ3v) is 4.13. The van der Waals surface area contributed by atoms with E-state index in [0.29, 0.717) is 18.7 Å². The molecule has 7 heteroatoms. The molecule has 1 aliphatic heterocycles. The van der Waals surface area contributed by atoms with Crippen molar-refractivity contribution in [2.24, 2.45) is 0 Å². The molecular weight excluding hydrogens is 306 g/mol. The topological polar surface area (TPSA) is 82.3 Å². The minimum Gasteiger partial charge on any atom is -0.356 e. The fourth-order valence-corrected chi connectivity index (χ4v) is 2.90. The fourth-order valence-electron chi connectivity index (χ4n) is 2.73. The minimum atomic E-state index is -0.404. The normalized spacial score (nSPS) is 18.1. The maximum atomic E-state index is 12.6. The number of amides is 2. The Bertz CT molecular complexity index is 614. The van der Waals surface area contributed by atoms with Gasteiger partial charge in [0, 0.05) is 32.3 Å². The van der Waals surface area contributed by atoms with Gasteiger partial charge in [0.15, 0.2) is 0 Å². The molecule has 2 heterocycles. The molecule has 0 aromatic carbocycles. The highest BCUT2D eigenvalue weighted by Gasteiger charge is 2.27. The highest BCUT2D eigenvalue weighted by atomic mass is 35.5. The van der Waals surface area contributed by atoms with Crippen LogP contribution < -0.4 is 10.9 Å². The number of aromatic nitrogens is 1. The number of halogens is 1. The summed E-state index contributed by atoms with van der Waals surface area (Å²) >= 11 is 5.79. The summed E-state index contributed by atoms with van der Waals surface area (Å²) in [6.45, 7) is 2.71. The molecule has 120 valence electrons. The molecule has 1 aromatic heterocycles. The van der Waals surface area contributed by atoms with E-state index >= 15 is 0 Å². The van der Waals surface area contributed by atoms with Crippen molar-refractivity contribution in [2.45, 2.75) is 38.6 Å². The number of hydrogen-bond acceptors (Lipinski definition) is 3. The zero-order chi connectivity index (χ0) is 16.1. The number of H-pyrrole nitrogens is 1. The molecule has 0 spiro atoms. The van der Waals surface area contributed by atoms with Crippen LogP contribution in [0.1, 0.15) is 43.0 Å². The molecule has 1 saturated heterocycles. The van der Waals surface area contributed by atoms with Crippen molar-refractivity contribution in [3.05, 3.63) is 33.2 Å². The lowest BCUT2D eigenvalue weighted by Gasteiger charge is -2.36. The van der Waals surface area contributed by atoms with Gasteiger partial charge < -0.3 is 15.2 Å². The van der Waals surface area contributed by atoms with Crippen molar-refractivity contribution in [1.29, 1.82) is 0 Å². The van der Waals surface area contributed by atoms with Crippen LogP contribution in [0.2, 0.25) is 5.02 Å². The van der Waals surface area contributed by atoms with E-state index in [1.54, 1.807) is 0 Å². The molecule has 0 radical (unpaired) electrons. The van der Waals surface area contributed by atoms with Crippen molar-refractivity contribution in [3.8, 4) is 0 Å². The Balaban J connectivity index is 2.08. The van der Waals surface area contributed by atoms with Gasteiger partial charge in [-0.05, 0) is 31.7 Å². The Morgan fingerprint density at radius 3 is 2.91 bits per heavy atom. The van der Waals surface area contributed by atoms with Crippen LogP contribution in [0.4, 0.5) is 0 Å². The minimum absolute atomic E-state index is 0.0117. The van der Waals surface area contributed by atoms with E-state index in [9.17, 15) is 14.4 Å². The van der Waals surface area contributed by atoms with Gasteiger partial charge in [0.1, 0.15) is 5.02 Å². The molecule has 1 fully saturated rings. The molecule has 0 saturated carbocycles. The molecule has 2 rings (SSSR count). The molecule has 1 aliphatic rings. The van der Waals surface area contributed by atoms with Crippen LogP contribution in [0.5, 0.6) is 0 Å². The lowest BCUT2D eigenvalue weighted by Crippen LogP contribution is -2.45. The van der Waals surface area contributed by atoms with Gasteiger partial charge >= 0.3 is 0 Å². The van der Waals surface area contributed by atoms with E-state index in [4.69, 9.17) is 11.6 Å².